The van der Waals surface area contributed by atoms with Crippen molar-refractivity contribution in [3.8, 4) is 21.9 Å². The summed E-state index contributed by atoms with van der Waals surface area (Å²) in [5.41, 5.74) is 1.27. The number of hydrogen-bond acceptors (Lipinski definition) is 5. The molecule has 3 rings (SSSR count). The summed E-state index contributed by atoms with van der Waals surface area (Å²) in [6, 6.07) is 15.7. The maximum Gasteiger partial charge on any atom is 0.338 e. The number of carboxylic acids is 1. The van der Waals surface area contributed by atoms with Crippen LogP contribution in [0.2, 0.25) is 0 Å². The SMILES string of the molecule is COc1ccc(C(=O)Nc2sc(-c3ccccc3)cc2C(=O)O)cc1OC. The molecule has 3 aromatic rings. The largest absolute Gasteiger partial charge is 0.493 e. The lowest BCUT2D eigenvalue weighted by molar-refractivity contribution is 0.0698. The Bertz CT molecular complexity index is 981. The first-order chi connectivity index (χ1) is 13.0. The van der Waals surface area contributed by atoms with Crippen LogP contribution in [0.25, 0.3) is 10.4 Å². The van der Waals surface area contributed by atoms with Gasteiger partial charge in [0, 0.05) is 10.4 Å². The fourth-order valence-electron chi connectivity index (χ4n) is 2.54. The van der Waals surface area contributed by atoms with Crippen molar-refractivity contribution in [3.05, 3.63) is 65.7 Å². The molecule has 1 amide bonds. The summed E-state index contributed by atoms with van der Waals surface area (Å²) < 4.78 is 10.4. The Morgan fingerprint density at radius 2 is 1.67 bits per heavy atom. The summed E-state index contributed by atoms with van der Waals surface area (Å²) >= 11 is 1.21. The van der Waals surface area contributed by atoms with Crippen LogP contribution < -0.4 is 14.8 Å². The topological polar surface area (TPSA) is 84.9 Å². The van der Waals surface area contributed by atoms with E-state index in [1.807, 2.05) is 30.3 Å². The van der Waals surface area contributed by atoms with Gasteiger partial charge in [-0.2, -0.15) is 0 Å². The van der Waals surface area contributed by atoms with Crippen LogP contribution in [0.5, 0.6) is 11.5 Å². The molecule has 0 spiro atoms. The average molecular weight is 383 g/mol. The van der Waals surface area contributed by atoms with Crippen LogP contribution in [0.1, 0.15) is 20.7 Å². The molecule has 1 aromatic heterocycles. The van der Waals surface area contributed by atoms with Gasteiger partial charge in [-0.05, 0) is 29.8 Å². The molecule has 6 nitrogen and oxygen atoms in total. The Morgan fingerprint density at radius 1 is 0.963 bits per heavy atom. The molecule has 0 aliphatic carbocycles. The van der Waals surface area contributed by atoms with Gasteiger partial charge in [0.15, 0.2) is 11.5 Å². The first kappa shape index (κ1) is 18.5. The Labute approximate surface area is 160 Å². The lowest BCUT2D eigenvalue weighted by atomic mass is 10.1. The van der Waals surface area contributed by atoms with Crippen LogP contribution in [0.3, 0.4) is 0 Å². The number of thiophene rings is 1. The molecule has 0 saturated heterocycles. The van der Waals surface area contributed by atoms with Crippen LogP contribution in [0.4, 0.5) is 5.00 Å². The minimum atomic E-state index is -1.10. The molecule has 7 heteroatoms. The molecule has 27 heavy (non-hydrogen) atoms. The lowest BCUT2D eigenvalue weighted by Gasteiger charge is -2.09. The number of benzene rings is 2. The number of anilines is 1. The number of carbonyl (C=O) groups is 2. The molecule has 0 fully saturated rings. The Balaban J connectivity index is 1.92. The zero-order valence-corrected chi connectivity index (χ0v) is 15.5. The summed E-state index contributed by atoms with van der Waals surface area (Å²) in [7, 11) is 2.99. The molecule has 0 aliphatic rings. The lowest BCUT2D eigenvalue weighted by Crippen LogP contribution is -2.13. The van der Waals surface area contributed by atoms with Gasteiger partial charge in [0.05, 0.1) is 19.8 Å². The highest BCUT2D eigenvalue weighted by Crippen LogP contribution is 2.36. The fourth-order valence-corrected chi connectivity index (χ4v) is 3.59. The van der Waals surface area contributed by atoms with E-state index >= 15 is 0 Å². The van der Waals surface area contributed by atoms with Crippen molar-refractivity contribution < 1.29 is 24.2 Å². The summed E-state index contributed by atoms with van der Waals surface area (Å²) in [6.07, 6.45) is 0. The third-order valence-corrected chi connectivity index (χ3v) is 4.99. The number of carbonyl (C=O) groups excluding carboxylic acids is 1. The minimum Gasteiger partial charge on any atom is -0.493 e. The fraction of sp³-hybridized carbons (Fsp3) is 0.100. The first-order valence-corrected chi connectivity index (χ1v) is 8.81. The van der Waals surface area contributed by atoms with Gasteiger partial charge in [0.25, 0.3) is 5.91 Å². The highest BCUT2D eigenvalue weighted by atomic mass is 32.1. The van der Waals surface area contributed by atoms with Gasteiger partial charge in [-0.1, -0.05) is 30.3 Å². The number of aromatic carboxylic acids is 1. The van der Waals surface area contributed by atoms with E-state index in [2.05, 4.69) is 5.32 Å². The molecule has 1 heterocycles. The van der Waals surface area contributed by atoms with E-state index in [9.17, 15) is 14.7 Å². The number of amides is 1. The van der Waals surface area contributed by atoms with E-state index in [4.69, 9.17) is 9.47 Å². The standard InChI is InChI=1S/C20H17NO5S/c1-25-15-9-8-13(10-16(15)26-2)18(22)21-19-14(20(23)24)11-17(27-19)12-6-4-3-5-7-12/h3-11H,1-2H3,(H,21,22)(H,23,24). The zero-order valence-electron chi connectivity index (χ0n) is 14.7. The van der Waals surface area contributed by atoms with Crippen LogP contribution in [0, 0.1) is 0 Å². The second kappa shape index (κ2) is 7.92. The number of methoxy groups -OCH3 is 2. The van der Waals surface area contributed by atoms with E-state index in [-0.39, 0.29) is 10.6 Å². The summed E-state index contributed by atoms with van der Waals surface area (Å²) in [4.78, 5) is 25.0. The predicted molar refractivity (Wildman–Crippen MR) is 104 cm³/mol. The molecule has 0 atom stereocenters. The highest BCUT2D eigenvalue weighted by Gasteiger charge is 2.19. The van der Waals surface area contributed by atoms with Gasteiger partial charge in [-0.25, -0.2) is 4.79 Å². The van der Waals surface area contributed by atoms with Crippen LogP contribution in [-0.4, -0.2) is 31.2 Å². The molecule has 138 valence electrons. The maximum absolute atomic E-state index is 12.6. The quantitative estimate of drug-likeness (QED) is 0.660. The Kier molecular flexibility index (Phi) is 5.42. The van der Waals surface area contributed by atoms with Crippen molar-refractivity contribution in [3.63, 3.8) is 0 Å². The predicted octanol–water partition coefficient (Wildman–Crippen LogP) is 4.38. The normalized spacial score (nSPS) is 10.3. The molecular formula is C20H17NO5S. The van der Waals surface area contributed by atoms with Crippen LogP contribution in [-0.2, 0) is 0 Å². The second-order valence-electron chi connectivity index (χ2n) is 5.55. The van der Waals surface area contributed by atoms with Crippen molar-refractivity contribution in [2.24, 2.45) is 0 Å². The van der Waals surface area contributed by atoms with Gasteiger partial charge in [-0.15, -0.1) is 11.3 Å². The van der Waals surface area contributed by atoms with Crippen molar-refractivity contribution in [2.75, 3.05) is 19.5 Å². The van der Waals surface area contributed by atoms with Gasteiger partial charge < -0.3 is 19.9 Å². The van der Waals surface area contributed by atoms with Gasteiger partial charge >= 0.3 is 5.97 Å². The highest BCUT2D eigenvalue weighted by molar-refractivity contribution is 7.20. The summed E-state index contributed by atoms with van der Waals surface area (Å²) in [5.74, 6) is -0.613. The Hall–Kier alpha value is -3.32. The van der Waals surface area contributed by atoms with E-state index in [1.165, 1.54) is 25.6 Å². The van der Waals surface area contributed by atoms with Gasteiger partial charge in [0.1, 0.15) is 5.00 Å². The number of hydrogen-bond donors (Lipinski definition) is 2. The number of rotatable bonds is 6. The molecule has 0 bridgehead atoms. The third kappa shape index (κ3) is 3.93. The summed E-state index contributed by atoms with van der Waals surface area (Å²) in [6.45, 7) is 0. The molecule has 0 radical (unpaired) electrons. The van der Waals surface area contributed by atoms with E-state index in [1.54, 1.807) is 24.3 Å². The molecule has 2 aromatic carbocycles. The smallest absolute Gasteiger partial charge is 0.338 e. The molecule has 0 saturated carbocycles. The van der Waals surface area contributed by atoms with Crippen molar-refractivity contribution in [1.82, 2.24) is 0 Å². The average Bonchev–Trinajstić information content (AvgIpc) is 3.12. The second-order valence-corrected chi connectivity index (χ2v) is 6.60. The van der Waals surface area contributed by atoms with Crippen LogP contribution >= 0.6 is 11.3 Å². The number of nitrogens with one attached hydrogen (secondary N) is 1. The number of ether oxygens (including phenoxy) is 2. The van der Waals surface area contributed by atoms with Gasteiger partial charge in [0.2, 0.25) is 0 Å². The monoisotopic (exact) mass is 383 g/mol. The summed E-state index contributed by atoms with van der Waals surface area (Å²) in [5, 5.41) is 12.4. The zero-order chi connectivity index (χ0) is 19.4. The molecule has 0 unspecified atom stereocenters. The van der Waals surface area contributed by atoms with Crippen molar-refractivity contribution in [1.29, 1.82) is 0 Å². The number of carboxylic acid groups (broad SMARTS) is 1. The van der Waals surface area contributed by atoms with E-state index in [0.717, 1.165) is 10.4 Å². The molecule has 0 aliphatic heterocycles. The van der Waals surface area contributed by atoms with Crippen molar-refractivity contribution in [2.45, 2.75) is 0 Å². The Morgan fingerprint density at radius 3 is 2.30 bits per heavy atom. The maximum atomic E-state index is 12.6. The third-order valence-electron chi connectivity index (χ3n) is 3.89. The minimum absolute atomic E-state index is 0.0488. The molecule has 2 N–H and O–H groups in total. The molecular weight excluding hydrogens is 366 g/mol. The van der Waals surface area contributed by atoms with Crippen molar-refractivity contribution >= 4 is 28.2 Å². The van der Waals surface area contributed by atoms with E-state index < -0.39 is 11.9 Å². The first-order valence-electron chi connectivity index (χ1n) is 7.99. The van der Waals surface area contributed by atoms with Crippen LogP contribution in [0.15, 0.2) is 54.6 Å². The van der Waals surface area contributed by atoms with Gasteiger partial charge in [-0.3, -0.25) is 4.79 Å². The van der Waals surface area contributed by atoms with E-state index in [0.29, 0.717) is 17.1 Å².